The second-order valence-electron chi connectivity index (χ2n) is 7.64. The lowest BCUT2D eigenvalue weighted by molar-refractivity contribution is 0.0473. The number of carbonyl (C=O) groups is 2. The summed E-state index contributed by atoms with van der Waals surface area (Å²) in [4.78, 5) is 26.6. The minimum absolute atomic E-state index is 0.000465. The highest BCUT2D eigenvalue weighted by molar-refractivity contribution is 9.10. The van der Waals surface area contributed by atoms with E-state index in [9.17, 15) is 9.59 Å². The Morgan fingerprint density at radius 3 is 2.43 bits per heavy atom. The van der Waals surface area contributed by atoms with E-state index in [2.05, 4.69) is 21.2 Å². The third-order valence-corrected chi connectivity index (χ3v) is 4.86. The zero-order chi connectivity index (χ0) is 20.9. The van der Waals surface area contributed by atoms with Crippen molar-refractivity contribution >= 4 is 27.9 Å². The quantitative estimate of drug-likeness (QED) is 0.724. The topological polar surface area (TPSA) is 77.1 Å². The van der Waals surface area contributed by atoms with Crippen molar-refractivity contribution in [1.82, 2.24) is 10.2 Å². The van der Waals surface area contributed by atoms with Crippen LogP contribution in [0.1, 0.15) is 50.9 Å². The molecule has 1 aliphatic rings. The zero-order valence-electron chi connectivity index (χ0n) is 17.1. The first-order chi connectivity index (χ1) is 13.1. The van der Waals surface area contributed by atoms with Gasteiger partial charge in [-0.05, 0) is 68.6 Å². The van der Waals surface area contributed by atoms with Crippen molar-refractivity contribution < 1.29 is 23.8 Å². The SMILES string of the molecule is CCOc1c(Br)cc(C(=O)N2CCC(NC(=O)OC(C)(C)C)CC2)cc1OC. The van der Waals surface area contributed by atoms with Crippen molar-refractivity contribution in [2.24, 2.45) is 0 Å². The molecule has 1 aromatic carbocycles. The van der Waals surface area contributed by atoms with Gasteiger partial charge >= 0.3 is 6.09 Å². The number of amides is 2. The monoisotopic (exact) mass is 456 g/mol. The third kappa shape index (κ3) is 6.02. The minimum Gasteiger partial charge on any atom is -0.493 e. The minimum atomic E-state index is -0.527. The van der Waals surface area contributed by atoms with E-state index < -0.39 is 11.7 Å². The van der Waals surface area contributed by atoms with Crippen LogP contribution in [-0.2, 0) is 4.74 Å². The molecule has 0 spiro atoms. The van der Waals surface area contributed by atoms with Gasteiger partial charge in [0.05, 0.1) is 18.2 Å². The molecule has 0 atom stereocenters. The van der Waals surface area contributed by atoms with Gasteiger partial charge in [-0.2, -0.15) is 0 Å². The summed E-state index contributed by atoms with van der Waals surface area (Å²) in [6.07, 6.45) is 0.943. The molecule has 28 heavy (non-hydrogen) atoms. The second kappa shape index (κ2) is 9.49. The van der Waals surface area contributed by atoms with Crippen LogP contribution in [0.5, 0.6) is 11.5 Å². The summed E-state index contributed by atoms with van der Waals surface area (Å²) >= 11 is 3.46. The number of alkyl carbamates (subject to hydrolysis) is 1. The van der Waals surface area contributed by atoms with Gasteiger partial charge < -0.3 is 24.4 Å². The van der Waals surface area contributed by atoms with Gasteiger partial charge in [0.15, 0.2) is 11.5 Å². The van der Waals surface area contributed by atoms with E-state index in [0.717, 1.165) is 0 Å². The average Bonchev–Trinajstić information content (AvgIpc) is 2.61. The lowest BCUT2D eigenvalue weighted by atomic mass is 10.0. The molecule has 1 aromatic rings. The van der Waals surface area contributed by atoms with Crippen LogP contribution in [0.25, 0.3) is 0 Å². The van der Waals surface area contributed by atoms with Crippen molar-refractivity contribution in [2.45, 2.75) is 52.2 Å². The Labute approximate surface area is 174 Å². The summed E-state index contributed by atoms with van der Waals surface area (Å²) < 4.78 is 16.9. The van der Waals surface area contributed by atoms with Crippen LogP contribution in [0.4, 0.5) is 4.79 Å². The van der Waals surface area contributed by atoms with Crippen LogP contribution < -0.4 is 14.8 Å². The van der Waals surface area contributed by atoms with E-state index in [1.54, 1.807) is 24.1 Å². The molecule has 0 bridgehead atoms. The van der Waals surface area contributed by atoms with Crippen molar-refractivity contribution in [3.63, 3.8) is 0 Å². The highest BCUT2D eigenvalue weighted by atomic mass is 79.9. The van der Waals surface area contributed by atoms with Crippen LogP contribution in [0.3, 0.4) is 0 Å². The van der Waals surface area contributed by atoms with Gasteiger partial charge in [-0.25, -0.2) is 4.79 Å². The number of nitrogens with zero attached hydrogens (tertiary/aromatic N) is 1. The van der Waals surface area contributed by atoms with Crippen LogP contribution in [0.15, 0.2) is 16.6 Å². The van der Waals surface area contributed by atoms with Gasteiger partial charge in [-0.15, -0.1) is 0 Å². The van der Waals surface area contributed by atoms with E-state index in [1.165, 1.54) is 0 Å². The molecule has 0 saturated carbocycles. The van der Waals surface area contributed by atoms with Crippen LogP contribution in [-0.4, -0.2) is 55.3 Å². The molecule has 1 heterocycles. The molecule has 7 nitrogen and oxygen atoms in total. The first-order valence-corrected chi connectivity index (χ1v) is 10.2. The van der Waals surface area contributed by atoms with Gasteiger partial charge in [0.25, 0.3) is 5.91 Å². The number of carbonyl (C=O) groups excluding carboxylic acids is 2. The summed E-state index contributed by atoms with van der Waals surface area (Å²) in [6, 6.07) is 3.45. The Balaban J connectivity index is 1.98. The molecule has 1 saturated heterocycles. The summed E-state index contributed by atoms with van der Waals surface area (Å²) in [6.45, 7) is 9.00. The molecule has 1 N–H and O–H groups in total. The van der Waals surface area contributed by atoms with Gasteiger partial charge in [0, 0.05) is 24.7 Å². The van der Waals surface area contributed by atoms with Crippen molar-refractivity contribution in [3.05, 3.63) is 22.2 Å². The smallest absolute Gasteiger partial charge is 0.407 e. The van der Waals surface area contributed by atoms with Gasteiger partial charge in [0.2, 0.25) is 0 Å². The highest BCUT2D eigenvalue weighted by Gasteiger charge is 2.27. The van der Waals surface area contributed by atoms with E-state index in [4.69, 9.17) is 14.2 Å². The first kappa shape index (κ1) is 22.3. The molecule has 2 rings (SSSR count). The maximum Gasteiger partial charge on any atom is 0.407 e. The fourth-order valence-electron chi connectivity index (χ4n) is 3.01. The third-order valence-electron chi connectivity index (χ3n) is 4.27. The number of likely N-dealkylation sites (tertiary alicyclic amines) is 1. The highest BCUT2D eigenvalue weighted by Crippen LogP contribution is 2.37. The maximum atomic E-state index is 12.9. The Bertz CT molecular complexity index is 709. The number of nitrogens with one attached hydrogen (secondary N) is 1. The average molecular weight is 457 g/mol. The lowest BCUT2D eigenvalue weighted by Crippen LogP contribution is -2.47. The molecule has 0 radical (unpaired) electrons. The van der Waals surface area contributed by atoms with Gasteiger partial charge in [-0.3, -0.25) is 4.79 Å². The van der Waals surface area contributed by atoms with Crippen LogP contribution in [0.2, 0.25) is 0 Å². The number of rotatable bonds is 5. The Morgan fingerprint density at radius 1 is 1.25 bits per heavy atom. The van der Waals surface area contributed by atoms with E-state index in [0.29, 0.717) is 54.1 Å². The lowest BCUT2D eigenvalue weighted by Gasteiger charge is -2.33. The second-order valence-corrected chi connectivity index (χ2v) is 8.49. The molecule has 0 unspecified atom stereocenters. The number of piperidine rings is 1. The van der Waals surface area contributed by atoms with Crippen molar-refractivity contribution in [2.75, 3.05) is 26.8 Å². The number of halogens is 1. The molecular weight excluding hydrogens is 428 g/mol. The molecular formula is C20H29BrN2O5. The fraction of sp³-hybridized carbons (Fsp3) is 0.600. The molecule has 2 amide bonds. The number of benzene rings is 1. The predicted molar refractivity (Wildman–Crippen MR) is 110 cm³/mol. The Morgan fingerprint density at radius 2 is 1.89 bits per heavy atom. The molecule has 156 valence electrons. The Hall–Kier alpha value is -1.96. The molecule has 0 aromatic heterocycles. The molecule has 0 aliphatic carbocycles. The largest absolute Gasteiger partial charge is 0.493 e. The number of methoxy groups -OCH3 is 1. The summed E-state index contributed by atoms with van der Waals surface area (Å²) in [7, 11) is 1.55. The zero-order valence-corrected chi connectivity index (χ0v) is 18.7. The number of ether oxygens (including phenoxy) is 3. The summed E-state index contributed by atoms with van der Waals surface area (Å²) in [5.74, 6) is 1.03. The fourth-order valence-corrected chi connectivity index (χ4v) is 3.57. The number of hydrogen-bond donors (Lipinski definition) is 1. The van der Waals surface area contributed by atoms with E-state index in [1.807, 2.05) is 27.7 Å². The molecule has 8 heteroatoms. The number of hydrogen-bond acceptors (Lipinski definition) is 5. The van der Waals surface area contributed by atoms with Gasteiger partial charge in [-0.1, -0.05) is 0 Å². The van der Waals surface area contributed by atoms with E-state index in [-0.39, 0.29) is 11.9 Å². The van der Waals surface area contributed by atoms with E-state index >= 15 is 0 Å². The first-order valence-electron chi connectivity index (χ1n) is 9.43. The summed E-state index contributed by atoms with van der Waals surface area (Å²) in [5, 5.41) is 2.88. The van der Waals surface area contributed by atoms with Crippen molar-refractivity contribution in [3.8, 4) is 11.5 Å². The predicted octanol–water partition coefficient (Wildman–Crippen LogP) is 3.99. The van der Waals surface area contributed by atoms with Crippen LogP contribution in [0, 0.1) is 0 Å². The normalized spacial score (nSPS) is 15.1. The molecule has 1 fully saturated rings. The van der Waals surface area contributed by atoms with Crippen LogP contribution >= 0.6 is 15.9 Å². The maximum absolute atomic E-state index is 12.9. The summed E-state index contributed by atoms with van der Waals surface area (Å²) in [5.41, 5.74) is 0.00615. The molecule has 1 aliphatic heterocycles. The standard InChI is InChI=1S/C20H29BrN2O5/c1-6-27-17-15(21)11-13(12-16(17)26-5)18(24)23-9-7-14(8-10-23)22-19(25)28-20(2,3)4/h11-12,14H,6-10H2,1-5H3,(H,22,25). The van der Waals surface area contributed by atoms with Gasteiger partial charge in [0.1, 0.15) is 5.60 Å². The van der Waals surface area contributed by atoms with Crippen molar-refractivity contribution in [1.29, 1.82) is 0 Å². The Kier molecular flexibility index (Phi) is 7.57.